The minimum absolute atomic E-state index is 0. The van der Waals surface area contributed by atoms with Crippen LogP contribution in [0.2, 0.25) is 0 Å². The number of thioether (sulfide) groups is 1. The molecule has 7 heteroatoms. The zero-order chi connectivity index (χ0) is 26.9. The van der Waals surface area contributed by atoms with Crippen molar-refractivity contribution in [1.29, 1.82) is 0 Å². The number of nitrogens with one attached hydrogen (secondary N) is 1. The molecule has 1 N–H and O–H groups in total. The van der Waals surface area contributed by atoms with Gasteiger partial charge < -0.3 is 15.2 Å². The van der Waals surface area contributed by atoms with Gasteiger partial charge in [0.25, 0.3) is 5.91 Å². The minimum Gasteiger partial charge on any atom is -0.548 e. The van der Waals surface area contributed by atoms with Crippen LogP contribution in [-0.4, -0.2) is 34.9 Å². The Balaban J connectivity index is 0.00000420. The van der Waals surface area contributed by atoms with Crippen LogP contribution < -0.4 is 29.3 Å². The van der Waals surface area contributed by atoms with Gasteiger partial charge in [0, 0.05) is 23.5 Å². The van der Waals surface area contributed by atoms with Gasteiger partial charge in [-0.3, -0.25) is 9.78 Å². The summed E-state index contributed by atoms with van der Waals surface area (Å²) in [5.74, 6) is -1.07. The minimum atomic E-state index is -1.27. The molecule has 0 spiro atoms. The quantitative estimate of drug-likeness (QED) is 0.301. The zero-order valence-electron chi connectivity index (χ0n) is 22.6. The number of carbonyl (C=O) groups is 2. The Hall–Kier alpha value is -3.30. The maximum atomic E-state index is 13.3. The molecule has 0 aliphatic rings. The molecule has 194 valence electrons. The number of aliphatic carboxylic acids is 1. The molecule has 0 aliphatic heterocycles. The molecule has 0 saturated heterocycles. The number of hydrogen-bond acceptors (Lipinski definition) is 5. The summed E-state index contributed by atoms with van der Waals surface area (Å²) in [5.41, 5.74) is 7.66. The summed E-state index contributed by atoms with van der Waals surface area (Å²) in [6, 6.07) is 25.0. The molecule has 0 radical (unpaired) electrons. The van der Waals surface area contributed by atoms with E-state index in [-0.39, 0.29) is 18.9 Å². The molecule has 0 aliphatic carbocycles. The number of aromatic nitrogens is 1. The third-order valence-corrected chi connectivity index (χ3v) is 7.21. The van der Waals surface area contributed by atoms with Gasteiger partial charge in [-0.1, -0.05) is 66.7 Å². The monoisotopic (exact) mass is 530 g/mol. The van der Waals surface area contributed by atoms with E-state index in [0.29, 0.717) is 17.7 Å². The fourth-order valence-electron chi connectivity index (χ4n) is 4.46. The maximum Gasteiger partial charge on any atom is 1.00 e. The number of carbonyl (C=O) groups excluding carboxylic acids is 2. The molecule has 5 nitrogen and oxygen atoms in total. The fourth-order valence-corrected chi connectivity index (χ4v) is 4.94. The van der Waals surface area contributed by atoms with Gasteiger partial charge in [0.1, 0.15) is 0 Å². The molecule has 4 rings (SSSR count). The number of amides is 1. The van der Waals surface area contributed by atoms with Gasteiger partial charge >= 0.3 is 18.9 Å². The van der Waals surface area contributed by atoms with Crippen molar-refractivity contribution in [3.63, 3.8) is 0 Å². The van der Waals surface area contributed by atoms with Gasteiger partial charge in [-0.15, -0.1) is 0 Å². The van der Waals surface area contributed by atoms with Crippen LogP contribution in [0.1, 0.15) is 33.5 Å². The first-order chi connectivity index (χ1) is 18.5. The van der Waals surface area contributed by atoms with E-state index < -0.39 is 17.9 Å². The summed E-state index contributed by atoms with van der Waals surface area (Å²) in [5, 5.41) is 14.3. The average molecular weight is 531 g/mol. The van der Waals surface area contributed by atoms with Crippen molar-refractivity contribution < 1.29 is 33.6 Å². The number of nitrogens with zero attached hydrogens (tertiary/aromatic N) is 1. The van der Waals surface area contributed by atoms with Gasteiger partial charge in [-0.05, 0) is 83.7 Å². The second-order valence-electron chi connectivity index (χ2n) is 9.27. The number of pyridine rings is 1. The predicted molar refractivity (Wildman–Crippen MR) is 153 cm³/mol. The molecule has 0 saturated carbocycles. The van der Waals surface area contributed by atoms with Crippen molar-refractivity contribution >= 4 is 23.6 Å². The van der Waals surface area contributed by atoms with Crippen molar-refractivity contribution in [3.8, 4) is 22.3 Å². The normalized spacial score (nSPS) is 11.3. The van der Waals surface area contributed by atoms with Crippen molar-refractivity contribution in [1.82, 2.24) is 10.3 Å². The Labute approximate surface area is 246 Å². The van der Waals surface area contributed by atoms with Gasteiger partial charge in [0.2, 0.25) is 0 Å². The molecular weight excluding hydrogens is 499 g/mol. The van der Waals surface area contributed by atoms with Crippen LogP contribution >= 0.6 is 11.8 Å². The Bertz CT molecular complexity index is 1410. The molecule has 4 aromatic rings. The topological polar surface area (TPSA) is 82.1 Å². The Morgan fingerprint density at radius 2 is 1.59 bits per heavy atom. The number of benzene rings is 3. The van der Waals surface area contributed by atoms with E-state index in [1.807, 2.05) is 80.2 Å². The summed E-state index contributed by atoms with van der Waals surface area (Å²) in [7, 11) is 0. The largest absolute Gasteiger partial charge is 1.00 e. The average Bonchev–Trinajstić information content (AvgIpc) is 2.94. The van der Waals surface area contributed by atoms with E-state index in [2.05, 4.69) is 28.5 Å². The van der Waals surface area contributed by atoms with Crippen LogP contribution in [0.5, 0.6) is 0 Å². The van der Waals surface area contributed by atoms with Crippen molar-refractivity contribution in [2.45, 2.75) is 32.2 Å². The van der Waals surface area contributed by atoms with E-state index in [0.717, 1.165) is 51.8 Å². The third kappa shape index (κ3) is 8.09. The molecule has 3 aromatic carbocycles. The number of aryl methyl sites for hydroxylation is 3. The van der Waals surface area contributed by atoms with Gasteiger partial charge in [0.15, 0.2) is 0 Å². The van der Waals surface area contributed by atoms with E-state index in [1.54, 1.807) is 6.07 Å². The van der Waals surface area contributed by atoms with Crippen LogP contribution in [-0.2, 0) is 17.6 Å². The van der Waals surface area contributed by atoms with E-state index in [4.69, 9.17) is 0 Å². The first kappa shape index (κ1) is 30.2. The molecule has 1 heterocycles. The van der Waals surface area contributed by atoms with Crippen molar-refractivity contribution in [2.24, 2.45) is 0 Å². The molecule has 1 atom stereocenters. The number of carboxylic acids is 1. The summed E-state index contributed by atoms with van der Waals surface area (Å²) in [6.07, 6.45) is 7.55. The van der Waals surface area contributed by atoms with E-state index in [9.17, 15) is 14.7 Å². The van der Waals surface area contributed by atoms with Crippen LogP contribution in [0, 0.1) is 6.92 Å². The zero-order valence-corrected chi connectivity index (χ0v) is 23.5. The Morgan fingerprint density at radius 3 is 2.31 bits per heavy atom. The van der Waals surface area contributed by atoms with E-state index in [1.165, 1.54) is 11.8 Å². The molecule has 1 amide bonds. The summed E-state index contributed by atoms with van der Waals surface area (Å²) in [6.45, 7) is 2.01. The number of hydrogen-bond donors (Lipinski definition) is 1. The molecule has 0 unspecified atom stereocenters. The van der Waals surface area contributed by atoms with Crippen LogP contribution in [0.4, 0.5) is 0 Å². The van der Waals surface area contributed by atoms with Gasteiger partial charge in [0.05, 0.1) is 12.0 Å². The fraction of sp³-hybridized carbons (Fsp3) is 0.219. The van der Waals surface area contributed by atoms with Gasteiger partial charge in [-0.2, -0.15) is 11.8 Å². The summed E-state index contributed by atoms with van der Waals surface area (Å²) >= 11 is 1.53. The third-order valence-electron chi connectivity index (χ3n) is 6.57. The number of carboxylic acid groups (broad SMARTS) is 1. The predicted octanol–water partition coefficient (Wildman–Crippen LogP) is 2.11. The SMILES string of the molecule is CSCC[C@H](NC(=O)c1ccc(CCc2cncc(-c3ccccc3)c2)cc1-c1ccccc1C)C(=O)[O-].[Li+]. The smallest absolute Gasteiger partial charge is 0.548 e. The summed E-state index contributed by atoms with van der Waals surface area (Å²) < 4.78 is 0. The van der Waals surface area contributed by atoms with Crippen LogP contribution in [0.25, 0.3) is 22.3 Å². The Kier molecular flexibility index (Phi) is 11.4. The Morgan fingerprint density at radius 1 is 0.872 bits per heavy atom. The molecule has 39 heavy (non-hydrogen) atoms. The number of rotatable bonds is 11. The standard InChI is InChI=1S/C32H32N2O3S.Li/c1-22-8-6-7-11-27(22)29-19-23(14-15-28(29)31(35)34-30(32(36)37)16-17-38-2)12-13-24-18-26(21-33-20-24)25-9-4-3-5-10-25;/h3-11,14-15,18-21,30H,12-13,16-17H2,1-2H3,(H,34,35)(H,36,37);/q;+1/p-1/t30-;/m0./s1. The molecule has 1 aromatic heterocycles. The second kappa shape index (κ2) is 14.7. The summed E-state index contributed by atoms with van der Waals surface area (Å²) in [4.78, 5) is 29.3. The van der Waals surface area contributed by atoms with Crippen LogP contribution in [0.15, 0.2) is 91.3 Å². The van der Waals surface area contributed by atoms with Crippen molar-refractivity contribution in [2.75, 3.05) is 12.0 Å². The first-order valence-electron chi connectivity index (χ1n) is 12.6. The first-order valence-corrected chi connectivity index (χ1v) is 14.0. The van der Waals surface area contributed by atoms with Crippen LogP contribution in [0.3, 0.4) is 0 Å². The maximum absolute atomic E-state index is 13.3. The van der Waals surface area contributed by atoms with E-state index >= 15 is 0 Å². The van der Waals surface area contributed by atoms with Crippen molar-refractivity contribution in [3.05, 3.63) is 114 Å². The van der Waals surface area contributed by atoms with Gasteiger partial charge in [-0.25, -0.2) is 0 Å². The molecule has 0 fully saturated rings. The second-order valence-corrected chi connectivity index (χ2v) is 10.3. The molecule has 0 bridgehead atoms. The molecular formula is C32H31LiN2O3S.